The third kappa shape index (κ3) is 3.08. The topological polar surface area (TPSA) is 36.8 Å². The fourth-order valence-corrected chi connectivity index (χ4v) is 0.290. The number of nitrogens with one attached hydrogen (secondary N) is 1. The van der Waals surface area contributed by atoms with Gasteiger partial charge in [-0.3, -0.25) is 10.4 Å². The molecule has 0 atom stereocenters. The Labute approximate surface area is 48.8 Å². The van der Waals surface area contributed by atoms with E-state index in [1.165, 1.54) is 0 Å². The Balaban J connectivity index is 3.60. The number of nitrogens with zero attached hydrogens (tertiary/aromatic N) is 2. The molecule has 0 aliphatic carbocycles. The SMILES string of the molecule is C=N/C=C(\C)NN=C. The van der Waals surface area contributed by atoms with Crippen molar-refractivity contribution >= 4 is 13.4 Å². The zero-order valence-corrected chi connectivity index (χ0v) is 4.89. The van der Waals surface area contributed by atoms with Gasteiger partial charge in [0.1, 0.15) is 0 Å². The molecule has 0 spiro atoms. The van der Waals surface area contributed by atoms with E-state index in [2.05, 4.69) is 29.0 Å². The Kier molecular flexibility index (Phi) is 3.48. The van der Waals surface area contributed by atoms with Crippen LogP contribution in [0.15, 0.2) is 22.0 Å². The molecule has 0 aromatic rings. The summed E-state index contributed by atoms with van der Waals surface area (Å²) in [7, 11) is 0. The summed E-state index contributed by atoms with van der Waals surface area (Å²) in [6, 6.07) is 0. The summed E-state index contributed by atoms with van der Waals surface area (Å²) in [5.74, 6) is 0. The number of hydrazone groups is 1. The van der Waals surface area contributed by atoms with Crippen LogP contribution in [-0.2, 0) is 0 Å². The summed E-state index contributed by atoms with van der Waals surface area (Å²) in [5, 5.41) is 3.40. The van der Waals surface area contributed by atoms with Crippen LogP contribution in [0.3, 0.4) is 0 Å². The molecule has 0 unspecified atom stereocenters. The Morgan fingerprint density at radius 2 is 2.25 bits per heavy atom. The first kappa shape index (κ1) is 6.88. The van der Waals surface area contributed by atoms with Gasteiger partial charge in [-0.2, -0.15) is 5.10 Å². The highest BCUT2D eigenvalue weighted by Gasteiger charge is 1.76. The van der Waals surface area contributed by atoms with Gasteiger partial charge in [0, 0.05) is 18.6 Å². The standard InChI is InChI=1S/C5H9N3/c1-5(4-6-2)8-7-3/h4,8H,2-3H2,1H3/b5-4+. The van der Waals surface area contributed by atoms with E-state index in [9.17, 15) is 0 Å². The average Bonchev–Trinajstić information content (AvgIpc) is 1.68. The van der Waals surface area contributed by atoms with Crippen LogP contribution >= 0.6 is 0 Å². The molecule has 1 N–H and O–H groups in total. The highest BCUT2D eigenvalue weighted by molar-refractivity contribution is 5.26. The molecule has 0 saturated heterocycles. The molecule has 0 amide bonds. The van der Waals surface area contributed by atoms with E-state index in [0.717, 1.165) is 5.70 Å². The largest absolute Gasteiger partial charge is 0.282 e. The van der Waals surface area contributed by atoms with Crippen molar-refractivity contribution in [3.63, 3.8) is 0 Å². The highest BCUT2D eigenvalue weighted by Crippen LogP contribution is 1.83. The predicted octanol–water partition coefficient (Wildman–Crippen LogP) is 0.754. The van der Waals surface area contributed by atoms with Gasteiger partial charge in [0.2, 0.25) is 0 Å². The smallest absolute Gasteiger partial charge is 0.0487 e. The van der Waals surface area contributed by atoms with Crippen LogP contribution in [0, 0.1) is 0 Å². The monoisotopic (exact) mass is 111 g/mol. The predicted molar refractivity (Wildman–Crippen MR) is 36.0 cm³/mol. The van der Waals surface area contributed by atoms with Crippen molar-refractivity contribution in [3.8, 4) is 0 Å². The van der Waals surface area contributed by atoms with Crippen LogP contribution in [0.5, 0.6) is 0 Å². The Hall–Kier alpha value is -1.12. The maximum atomic E-state index is 3.49. The van der Waals surface area contributed by atoms with Crippen molar-refractivity contribution in [1.29, 1.82) is 0 Å². The third-order valence-corrected chi connectivity index (χ3v) is 0.540. The Morgan fingerprint density at radius 1 is 1.62 bits per heavy atom. The number of aliphatic imine (C=N–C) groups is 1. The fourth-order valence-electron chi connectivity index (χ4n) is 0.290. The van der Waals surface area contributed by atoms with Gasteiger partial charge in [0.15, 0.2) is 0 Å². The van der Waals surface area contributed by atoms with Crippen LogP contribution in [0.1, 0.15) is 6.92 Å². The van der Waals surface area contributed by atoms with Crippen molar-refractivity contribution in [3.05, 3.63) is 11.9 Å². The van der Waals surface area contributed by atoms with Gasteiger partial charge in [-0.1, -0.05) is 0 Å². The summed E-state index contributed by atoms with van der Waals surface area (Å²) < 4.78 is 0. The lowest BCUT2D eigenvalue weighted by molar-refractivity contribution is 0.892. The van der Waals surface area contributed by atoms with Crippen molar-refractivity contribution < 1.29 is 0 Å². The van der Waals surface area contributed by atoms with E-state index in [0.29, 0.717) is 0 Å². The molecule has 44 valence electrons. The quantitative estimate of drug-likeness (QED) is 0.423. The summed E-state index contributed by atoms with van der Waals surface area (Å²) >= 11 is 0. The van der Waals surface area contributed by atoms with Crippen molar-refractivity contribution in [2.75, 3.05) is 0 Å². The number of hydrogen-bond donors (Lipinski definition) is 1. The molecule has 0 aliphatic heterocycles. The van der Waals surface area contributed by atoms with E-state index >= 15 is 0 Å². The van der Waals surface area contributed by atoms with Crippen LogP contribution in [0.4, 0.5) is 0 Å². The van der Waals surface area contributed by atoms with Gasteiger partial charge in [-0.15, -0.1) is 0 Å². The lowest BCUT2D eigenvalue weighted by Crippen LogP contribution is -1.98. The molecule has 0 rings (SSSR count). The van der Waals surface area contributed by atoms with Crippen LogP contribution in [-0.4, -0.2) is 13.4 Å². The van der Waals surface area contributed by atoms with Gasteiger partial charge in [0.05, 0.1) is 0 Å². The first-order chi connectivity index (χ1) is 3.81. The van der Waals surface area contributed by atoms with Crippen molar-refractivity contribution in [2.45, 2.75) is 6.92 Å². The maximum Gasteiger partial charge on any atom is 0.0487 e. The molecule has 0 heterocycles. The minimum Gasteiger partial charge on any atom is -0.282 e. The lowest BCUT2D eigenvalue weighted by Gasteiger charge is -1.92. The molecular weight excluding hydrogens is 102 g/mol. The minimum atomic E-state index is 0.829. The van der Waals surface area contributed by atoms with E-state index in [1.807, 2.05) is 6.92 Å². The van der Waals surface area contributed by atoms with E-state index in [1.54, 1.807) is 6.20 Å². The second kappa shape index (κ2) is 4.05. The number of hydrogen-bond acceptors (Lipinski definition) is 3. The molecule has 8 heavy (non-hydrogen) atoms. The second-order valence-corrected chi connectivity index (χ2v) is 1.26. The van der Waals surface area contributed by atoms with E-state index < -0.39 is 0 Å². The Bertz CT molecular complexity index is 115. The van der Waals surface area contributed by atoms with Crippen molar-refractivity contribution in [1.82, 2.24) is 5.43 Å². The van der Waals surface area contributed by atoms with Gasteiger partial charge < -0.3 is 0 Å². The lowest BCUT2D eigenvalue weighted by atomic mass is 10.6. The molecule has 0 fully saturated rings. The van der Waals surface area contributed by atoms with Gasteiger partial charge in [-0.05, 0) is 13.6 Å². The maximum absolute atomic E-state index is 3.49. The number of allylic oxidation sites excluding steroid dienone is 1. The molecule has 3 nitrogen and oxygen atoms in total. The molecule has 3 heteroatoms. The fraction of sp³-hybridized carbons (Fsp3) is 0.200. The first-order valence-electron chi connectivity index (χ1n) is 2.15. The highest BCUT2D eigenvalue weighted by atomic mass is 15.3. The van der Waals surface area contributed by atoms with E-state index in [4.69, 9.17) is 0 Å². The second-order valence-electron chi connectivity index (χ2n) is 1.26. The third-order valence-electron chi connectivity index (χ3n) is 0.540. The van der Waals surface area contributed by atoms with Crippen LogP contribution < -0.4 is 5.43 Å². The zero-order valence-electron chi connectivity index (χ0n) is 4.89. The molecular formula is C5H9N3. The van der Waals surface area contributed by atoms with Crippen molar-refractivity contribution in [2.24, 2.45) is 10.1 Å². The zero-order chi connectivity index (χ0) is 6.41. The van der Waals surface area contributed by atoms with Gasteiger partial charge in [0.25, 0.3) is 0 Å². The van der Waals surface area contributed by atoms with Gasteiger partial charge in [-0.25, -0.2) is 0 Å². The average molecular weight is 111 g/mol. The van der Waals surface area contributed by atoms with E-state index in [-0.39, 0.29) is 0 Å². The van der Waals surface area contributed by atoms with Crippen LogP contribution in [0.25, 0.3) is 0 Å². The summed E-state index contributed by atoms with van der Waals surface area (Å²) in [6.45, 7) is 8.30. The minimum absolute atomic E-state index is 0.829. The molecule has 0 aromatic heterocycles. The molecule has 0 saturated carbocycles. The first-order valence-corrected chi connectivity index (χ1v) is 2.15. The van der Waals surface area contributed by atoms with Gasteiger partial charge >= 0.3 is 0 Å². The molecule has 0 aromatic carbocycles. The molecule has 0 radical (unpaired) electrons. The van der Waals surface area contributed by atoms with Crippen LogP contribution in [0.2, 0.25) is 0 Å². The Morgan fingerprint density at radius 3 is 2.62 bits per heavy atom. The summed E-state index contributed by atoms with van der Waals surface area (Å²) in [5.41, 5.74) is 3.42. The molecule has 0 bridgehead atoms. The normalized spacial score (nSPS) is 10.4. The summed E-state index contributed by atoms with van der Waals surface area (Å²) in [4.78, 5) is 3.49. The summed E-state index contributed by atoms with van der Waals surface area (Å²) in [6.07, 6.45) is 1.56. The molecule has 0 aliphatic rings. The number of rotatable bonds is 3.